The first-order valence-electron chi connectivity index (χ1n) is 4.95. The molecule has 1 aromatic heterocycles. The molecule has 1 rings (SSSR count). The molecule has 16 heavy (non-hydrogen) atoms. The second-order valence-electron chi connectivity index (χ2n) is 4.81. The van der Waals surface area contributed by atoms with Crippen LogP contribution in [0.1, 0.15) is 32.3 Å². The van der Waals surface area contributed by atoms with E-state index in [1.54, 1.807) is 26.8 Å². The molecule has 0 aromatic carbocycles. The van der Waals surface area contributed by atoms with E-state index in [0.717, 1.165) is 0 Å². The highest BCUT2D eigenvalue weighted by molar-refractivity contribution is 5.79. The van der Waals surface area contributed by atoms with Gasteiger partial charge in [-0.1, -0.05) is 20.8 Å². The standard InChI is InChI=1S/C11H16N2O3/c1-11(2,3)7(10(15)16)6-4-5-13-9(14)8(6)12/h4-5,7H,12H2,1-3H3,(H,13,14)(H,15,16). The number of aliphatic carboxylic acids is 1. The van der Waals surface area contributed by atoms with Crippen molar-refractivity contribution in [3.8, 4) is 0 Å². The third kappa shape index (κ3) is 2.24. The van der Waals surface area contributed by atoms with Gasteiger partial charge in [-0.05, 0) is 17.0 Å². The molecule has 0 amide bonds. The van der Waals surface area contributed by atoms with Crippen LogP contribution in [0.3, 0.4) is 0 Å². The molecule has 88 valence electrons. The lowest BCUT2D eigenvalue weighted by Gasteiger charge is -2.27. The minimum atomic E-state index is -0.982. The van der Waals surface area contributed by atoms with Crippen molar-refractivity contribution in [3.63, 3.8) is 0 Å². The van der Waals surface area contributed by atoms with E-state index < -0.39 is 22.9 Å². The number of nitrogens with one attached hydrogen (secondary N) is 1. The van der Waals surface area contributed by atoms with Crippen LogP contribution in [0.5, 0.6) is 0 Å². The van der Waals surface area contributed by atoms with E-state index in [-0.39, 0.29) is 5.69 Å². The van der Waals surface area contributed by atoms with Gasteiger partial charge in [0, 0.05) is 6.20 Å². The zero-order chi connectivity index (χ0) is 12.5. The first-order valence-corrected chi connectivity index (χ1v) is 4.95. The number of nitrogen functional groups attached to an aromatic ring is 1. The summed E-state index contributed by atoms with van der Waals surface area (Å²) in [5.41, 5.74) is 5.00. The first kappa shape index (κ1) is 12.3. The van der Waals surface area contributed by atoms with Crippen molar-refractivity contribution in [1.29, 1.82) is 0 Å². The third-order valence-electron chi connectivity index (χ3n) is 2.46. The largest absolute Gasteiger partial charge is 0.481 e. The molecule has 5 nitrogen and oxygen atoms in total. The van der Waals surface area contributed by atoms with Gasteiger partial charge in [0.25, 0.3) is 5.56 Å². The second-order valence-corrected chi connectivity index (χ2v) is 4.81. The summed E-state index contributed by atoms with van der Waals surface area (Å²) < 4.78 is 0. The van der Waals surface area contributed by atoms with Gasteiger partial charge >= 0.3 is 5.97 Å². The maximum absolute atomic E-state index is 11.3. The van der Waals surface area contributed by atoms with Crippen LogP contribution < -0.4 is 11.3 Å². The Labute approximate surface area is 93.3 Å². The molecule has 0 aliphatic carbocycles. The summed E-state index contributed by atoms with van der Waals surface area (Å²) in [6.07, 6.45) is 1.41. The highest BCUT2D eigenvalue weighted by Gasteiger charge is 2.34. The number of rotatable bonds is 2. The summed E-state index contributed by atoms with van der Waals surface area (Å²) >= 11 is 0. The molecule has 0 aliphatic rings. The predicted octanol–water partition coefficient (Wildman–Crippen LogP) is 1.17. The molecule has 0 bridgehead atoms. The van der Waals surface area contributed by atoms with E-state index in [1.807, 2.05) is 0 Å². The first-order chi connectivity index (χ1) is 7.25. The monoisotopic (exact) mass is 224 g/mol. The summed E-state index contributed by atoms with van der Waals surface area (Å²) in [6, 6.07) is 1.54. The third-order valence-corrected chi connectivity index (χ3v) is 2.46. The quantitative estimate of drug-likeness (QED) is 0.702. The summed E-state index contributed by atoms with van der Waals surface area (Å²) in [6.45, 7) is 5.39. The number of hydrogen-bond donors (Lipinski definition) is 3. The van der Waals surface area contributed by atoms with Gasteiger partial charge in [0.2, 0.25) is 0 Å². The summed E-state index contributed by atoms with van der Waals surface area (Å²) in [5.74, 6) is -1.78. The van der Waals surface area contributed by atoms with E-state index in [9.17, 15) is 14.7 Å². The van der Waals surface area contributed by atoms with Crippen LogP contribution in [0, 0.1) is 5.41 Å². The number of carboxylic acid groups (broad SMARTS) is 1. The number of anilines is 1. The van der Waals surface area contributed by atoms with E-state index in [1.165, 1.54) is 6.20 Å². The Bertz CT molecular complexity index is 457. The van der Waals surface area contributed by atoms with Gasteiger partial charge in [-0.3, -0.25) is 9.59 Å². The molecule has 0 saturated carbocycles. The van der Waals surface area contributed by atoms with Crippen molar-refractivity contribution in [2.75, 3.05) is 5.73 Å². The topological polar surface area (TPSA) is 96.2 Å². The molecular formula is C11H16N2O3. The van der Waals surface area contributed by atoms with E-state index in [0.29, 0.717) is 5.56 Å². The molecule has 1 aromatic rings. The number of pyridine rings is 1. The Hall–Kier alpha value is -1.78. The minimum absolute atomic E-state index is 0.0233. The van der Waals surface area contributed by atoms with Crippen LogP contribution in [0.15, 0.2) is 17.1 Å². The number of aromatic amines is 1. The SMILES string of the molecule is CC(C)(C)C(C(=O)O)c1cc[nH]c(=O)c1N. The van der Waals surface area contributed by atoms with Crippen LogP contribution in [0.2, 0.25) is 0 Å². The van der Waals surface area contributed by atoms with Crippen molar-refractivity contribution in [3.05, 3.63) is 28.2 Å². The molecule has 5 heteroatoms. The molecule has 0 saturated heterocycles. The lowest BCUT2D eigenvalue weighted by Crippen LogP contribution is -2.29. The predicted molar refractivity (Wildman–Crippen MR) is 61.3 cm³/mol. The normalized spacial score (nSPS) is 13.4. The lowest BCUT2D eigenvalue weighted by molar-refractivity contribution is -0.141. The molecule has 0 radical (unpaired) electrons. The van der Waals surface area contributed by atoms with Gasteiger partial charge in [0.05, 0.1) is 5.92 Å². The molecule has 0 fully saturated rings. The molecule has 0 aliphatic heterocycles. The summed E-state index contributed by atoms with van der Waals surface area (Å²) in [7, 11) is 0. The molecule has 1 heterocycles. The van der Waals surface area contributed by atoms with Gasteiger partial charge in [0.1, 0.15) is 5.69 Å². The van der Waals surface area contributed by atoms with Crippen LogP contribution in [-0.4, -0.2) is 16.1 Å². The zero-order valence-electron chi connectivity index (χ0n) is 9.57. The highest BCUT2D eigenvalue weighted by Crippen LogP contribution is 2.36. The van der Waals surface area contributed by atoms with Crippen molar-refractivity contribution >= 4 is 11.7 Å². The van der Waals surface area contributed by atoms with E-state index in [4.69, 9.17) is 5.73 Å². The van der Waals surface area contributed by atoms with Gasteiger partial charge in [0.15, 0.2) is 0 Å². The maximum atomic E-state index is 11.3. The molecule has 4 N–H and O–H groups in total. The average Bonchev–Trinajstić information content (AvgIpc) is 2.09. The van der Waals surface area contributed by atoms with Crippen LogP contribution in [0.4, 0.5) is 5.69 Å². The minimum Gasteiger partial charge on any atom is -0.481 e. The Balaban J connectivity index is 3.39. The number of carboxylic acids is 1. The number of hydrogen-bond acceptors (Lipinski definition) is 3. The van der Waals surface area contributed by atoms with Crippen molar-refractivity contribution in [1.82, 2.24) is 4.98 Å². The van der Waals surface area contributed by atoms with Gasteiger partial charge in [-0.2, -0.15) is 0 Å². The van der Waals surface area contributed by atoms with Crippen molar-refractivity contribution < 1.29 is 9.90 Å². The fourth-order valence-corrected chi connectivity index (χ4v) is 1.73. The number of nitrogens with two attached hydrogens (primary N) is 1. The Morgan fingerprint density at radius 1 is 1.50 bits per heavy atom. The Morgan fingerprint density at radius 2 is 2.06 bits per heavy atom. The highest BCUT2D eigenvalue weighted by atomic mass is 16.4. The van der Waals surface area contributed by atoms with Crippen molar-refractivity contribution in [2.24, 2.45) is 5.41 Å². The van der Waals surface area contributed by atoms with Gasteiger partial charge in [-0.25, -0.2) is 0 Å². The molecule has 0 spiro atoms. The Kier molecular flexibility index (Phi) is 3.07. The summed E-state index contributed by atoms with van der Waals surface area (Å²) in [5, 5.41) is 9.21. The Morgan fingerprint density at radius 3 is 2.50 bits per heavy atom. The van der Waals surface area contributed by atoms with Crippen LogP contribution in [0.25, 0.3) is 0 Å². The molecule has 1 atom stereocenters. The van der Waals surface area contributed by atoms with E-state index in [2.05, 4.69) is 4.98 Å². The number of H-pyrrole nitrogens is 1. The van der Waals surface area contributed by atoms with Crippen LogP contribution >= 0.6 is 0 Å². The lowest BCUT2D eigenvalue weighted by atomic mass is 9.76. The van der Waals surface area contributed by atoms with E-state index >= 15 is 0 Å². The van der Waals surface area contributed by atoms with Crippen LogP contribution in [-0.2, 0) is 4.79 Å². The number of carbonyl (C=O) groups is 1. The summed E-state index contributed by atoms with van der Waals surface area (Å²) in [4.78, 5) is 25.0. The second kappa shape index (κ2) is 4.00. The van der Waals surface area contributed by atoms with Gasteiger partial charge in [-0.15, -0.1) is 0 Å². The molecule has 1 unspecified atom stereocenters. The average molecular weight is 224 g/mol. The number of aromatic nitrogens is 1. The smallest absolute Gasteiger partial charge is 0.311 e. The van der Waals surface area contributed by atoms with Gasteiger partial charge < -0.3 is 15.8 Å². The zero-order valence-corrected chi connectivity index (χ0v) is 9.57. The van der Waals surface area contributed by atoms with Crippen molar-refractivity contribution in [2.45, 2.75) is 26.7 Å². The fraction of sp³-hybridized carbons (Fsp3) is 0.455. The fourth-order valence-electron chi connectivity index (χ4n) is 1.73. The maximum Gasteiger partial charge on any atom is 0.311 e. The molecular weight excluding hydrogens is 208 g/mol.